The number of aromatic nitrogens is 1. The van der Waals surface area contributed by atoms with E-state index in [2.05, 4.69) is 45.4 Å². The van der Waals surface area contributed by atoms with Crippen molar-refractivity contribution in [2.24, 2.45) is 0 Å². The fraction of sp³-hybridized carbons (Fsp3) is 0.440. The number of amides is 1. The van der Waals surface area contributed by atoms with Gasteiger partial charge in [0.05, 0.1) is 12.0 Å². The highest BCUT2D eigenvalue weighted by Crippen LogP contribution is 2.28. The Hall–Kier alpha value is -3.06. The van der Waals surface area contributed by atoms with E-state index in [1.807, 2.05) is 18.2 Å². The number of carbonyl (C=O) groups is 1. The first-order valence-electron chi connectivity index (χ1n) is 11.5. The van der Waals surface area contributed by atoms with E-state index in [1.165, 1.54) is 11.1 Å². The molecule has 0 spiro atoms. The van der Waals surface area contributed by atoms with Gasteiger partial charge in [-0.1, -0.05) is 17.3 Å². The average Bonchev–Trinajstić information content (AvgIpc) is 3.22. The van der Waals surface area contributed by atoms with Crippen LogP contribution in [-0.2, 0) is 11.2 Å². The number of rotatable bonds is 7. The molecule has 2 aliphatic heterocycles. The second-order valence-electron chi connectivity index (χ2n) is 8.76. The number of hydrogen-bond donors (Lipinski definition) is 1. The molecule has 1 saturated heterocycles. The topological polar surface area (TPSA) is 70.8 Å². The lowest BCUT2D eigenvalue weighted by atomic mass is 10.0. The molecule has 5 rings (SSSR count). The average molecular weight is 435 g/mol. The van der Waals surface area contributed by atoms with Gasteiger partial charge in [0.25, 0.3) is 0 Å². The summed E-state index contributed by atoms with van der Waals surface area (Å²) in [6, 6.07) is 12.3. The summed E-state index contributed by atoms with van der Waals surface area (Å²) >= 11 is 0. The Balaban J connectivity index is 1.03. The predicted molar refractivity (Wildman–Crippen MR) is 126 cm³/mol. The third-order valence-electron chi connectivity index (χ3n) is 6.39. The fourth-order valence-electron chi connectivity index (χ4n) is 4.51. The summed E-state index contributed by atoms with van der Waals surface area (Å²) in [5.41, 5.74) is 4.13. The van der Waals surface area contributed by atoms with Crippen LogP contribution in [-0.4, -0.2) is 55.3 Å². The largest absolute Gasteiger partial charge is 0.494 e. The summed E-state index contributed by atoms with van der Waals surface area (Å²) in [5.74, 6) is 1.88. The van der Waals surface area contributed by atoms with Gasteiger partial charge in [0.2, 0.25) is 5.91 Å². The van der Waals surface area contributed by atoms with Crippen molar-refractivity contribution in [1.29, 1.82) is 0 Å². The highest BCUT2D eigenvalue weighted by Gasteiger charge is 2.21. The molecule has 1 amide bonds. The number of anilines is 2. The second kappa shape index (κ2) is 9.20. The van der Waals surface area contributed by atoms with Gasteiger partial charge in [0.15, 0.2) is 11.4 Å². The number of aryl methyl sites for hydroxylation is 2. The van der Waals surface area contributed by atoms with Gasteiger partial charge in [0, 0.05) is 44.4 Å². The number of nitrogens with zero attached hydrogens (tertiary/aromatic N) is 3. The van der Waals surface area contributed by atoms with Gasteiger partial charge < -0.3 is 19.5 Å². The van der Waals surface area contributed by atoms with Gasteiger partial charge in [-0.2, -0.15) is 0 Å². The van der Waals surface area contributed by atoms with Crippen LogP contribution in [0.5, 0.6) is 5.75 Å². The summed E-state index contributed by atoms with van der Waals surface area (Å²) in [4.78, 5) is 16.4. The first-order chi connectivity index (χ1) is 15.7. The molecular weight excluding hydrogens is 404 g/mol. The van der Waals surface area contributed by atoms with E-state index in [0.717, 1.165) is 80.2 Å². The number of unbranched alkanes of at least 4 members (excludes halogenated alkanes) is 1. The number of ether oxygens (including phenoxy) is 1. The number of carbonyl (C=O) groups excluding carboxylic acids is 1. The van der Waals surface area contributed by atoms with Crippen molar-refractivity contribution in [3.63, 3.8) is 0 Å². The van der Waals surface area contributed by atoms with E-state index < -0.39 is 0 Å². The Bertz CT molecular complexity index is 1100. The van der Waals surface area contributed by atoms with Gasteiger partial charge in [-0.05, 0) is 62.1 Å². The number of nitrogens with one attached hydrogen (secondary N) is 1. The van der Waals surface area contributed by atoms with Crippen LogP contribution in [0.15, 0.2) is 40.9 Å². The van der Waals surface area contributed by atoms with Crippen LogP contribution in [0.1, 0.15) is 30.4 Å². The molecule has 0 atom stereocenters. The Morgan fingerprint density at radius 3 is 2.81 bits per heavy atom. The van der Waals surface area contributed by atoms with Gasteiger partial charge in [0.1, 0.15) is 5.75 Å². The van der Waals surface area contributed by atoms with Crippen molar-refractivity contribution in [3.8, 4) is 5.75 Å². The van der Waals surface area contributed by atoms with Crippen molar-refractivity contribution in [1.82, 2.24) is 10.1 Å². The van der Waals surface area contributed by atoms with Crippen LogP contribution < -0.4 is 15.0 Å². The van der Waals surface area contributed by atoms with Gasteiger partial charge >= 0.3 is 0 Å². The Morgan fingerprint density at radius 2 is 1.94 bits per heavy atom. The number of hydrogen-bond acceptors (Lipinski definition) is 6. The van der Waals surface area contributed by atoms with Crippen molar-refractivity contribution < 1.29 is 14.1 Å². The van der Waals surface area contributed by atoms with Crippen LogP contribution in [0.3, 0.4) is 0 Å². The lowest BCUT2D eigenvalue weighted by Crippen LogP contribution is -2.46. The smallest absolute Gasteiger partial charge is 0.224 e. The van der Waals surface area contributed by atoms with E-state index in [1.54, 1.807) is 0 Å². The standard InChI is InChI=1S/C25H30N4O3/c1-18-4-8-21-23(16-18)32-27-25(21)29-13-11-28(12-14-29)10-2-3-15-31-20-7-5-19-6-9-24(30)26-22(19)17-20/h4-5,7-8,16-17H,2-3,6,9-15H2,1H3,(H,26,30). The quantitative estimate of drug-likeness (QED) is 0.567. The molecule has 3 heterocycles. The zero-order chi connectivity index (χ0) is 21.9. The van der Waals surface area contributed by atoms with Crippen LogP contribution in [0.2, 0.25) is 0 Å². The maximum Gasteiger partial charge on any atom is 0.224 e. The summed E-state index contributed by atoms with van der Waals surface area (Å²) in [6.45, 7) is 7.84. The van der Waals surface area contributed by atoms with Gasteiger partial charge in [-0.15, -0.1) is 0 Å². The van der Waals surface area contributed by atoms with E-state index >= 15 is 0 Å². The minimum atomic E-state index is 0.0848. The monoisotopic (exact) mass is 434 g/mol. The van der Waals surface area contributed by atoms with E-state index in [4.69, 9.17) is 9.26 Å². The Morgan fingerprint density at radius 1 is 1.06 bits per heavy atom. The lowest BCUT2D eigenvalue weighted by Gasteiger charge is -2.34. The third kappa shape index (κ3) is 4.58. The van der Waals surface area contributed by atoms with Crippen molar-refractivity contribution >= 4 is 28.4 Å². The molecule has 7 nitrogen and oxygen atoms in total. The number of benzene rings is 2. The summed E-state index contributed by atoms with van der Waals surface area (Å²) in [5, 5.41) is 8.35. The van der Waals surface area contributed by atoms with Gasteiger partial charge in [-0.3, -0.25) is 9.69 Å². The summed E-state index contributed by atoms with van der Waals surface area (Å²) in [7, 11) is 0. The molecule has 7 heteroatoms. The molecule has 2 aliphatic rings. The molecule has 3 aromatic rings. The molecular formula is C25H30N4O3. The molecule has 2 aromatic carbocycles. The Labute approximate surface area is 188 Å². The zero-order valence-electron chi connectivity index (χ0n) is 18.6. The van der Waals surface area contributed by atoms with Crippen molar-refractivity contribution in [3.05, 3.63) is 47.5 Å². The molecule has 0 radical (unpaired) electrons. The molecule has 1 N–H and O–H groups in total. The van der Waals surface area contributed by atoms with E-state index in [9.17, 15) is 4.79 Å². The molecule has 168 valence electrons. The third-order valence-corrected chi connectivity index (χ3v) is 6.39. The molecule has 0 saturated carbocycles. The lowest BCUT2D eigenvalue weighted by molar-refractivity contribution is -0.116. The summed E-state index contributed by atoms with van der Waals surface area (Å²) in [6.07, 6.45) is 3.49. The first-order valence-corrected chi connectivity index (χ1v) is 11.5. The Kier molecular flexibility index (Phi) is 5.99. The molecule has 0 bridgehead atoms. The van der Waals surface area contributed by atoms with Crippen LogP contribution in [0.4, 0.5) is 11.5 Å². The highest BCUT2D eigenvalue weighted by molar-refractivity contribution is 5.94. The molecule has 32 heavy (non-hydrogen) atoms. The van der Waals surface area contributed by atoms with Gasteiger partial charge in [-0.25, -0.2) is 0 Å². The fourth-order valence-corrected chi connectivity index (χ4v) is 4.51. The van der Waals surface area contributed by atoms with Crippen LogP contribution >= 0.6 is 0 Å². The minimum absolute atomic E-state index is 0.0848. The molecule has 0 aliphatic carbocycles. The molecule has 1 aromatic heterocycles. The number of piperazine rings is 1. The maximum atomic E-state index is 11.6. The normalized spacial score (nSPS) is 16.8. The van der Waals surface area contributed by atoms with E-state index in [-0.39, 0.29) is 5.91 Å². The SMILES string of the molecule is Cc1ccc2c(N3CCN(CCCCOc4ccc5c(c4)NC(=O)CC5)CC3)noc2c1. The first kappa shape index (κ1) is 20.8. The number of fused-ring (bicyclic) bond motifs is 2. The van der Waals surface area contributed by atoms with Crippen LogP contribution in [0.25, 0.3) is 11.0 Å². The van der Waals surface area contributed by atoms with E-state index in [0.29, 0.717) is 13.0 Å². The zero-order valence-corrected chi connectivity index (χ0v) is 18.6. The predicted octanol–water partition coefficient (Wildman–Crippen LogP) is 4.00. The highest BCUT2D eigenvalue weighted by atomic mass is 16.5. The van der Waals surface area contributed by atoms with Crippen molar-refractivity contribution in [2.75, 3.05) is 49.5 Å². The molecule has 1 fully saturated rings. The minimum Gasteiger partial charge on any atom is -0.494 e. The second-order valence-corrected chi connectivity index (χ2v) is 8.76. The van der Waals surface area contributed by atoms with Crippen molar-refractivity contribution in [2.45, 2.75) is 32.6 Å². The summed E-state index contributed by atoms with van der Waals surface area (Å²) < 4.78 is 11.4. The maximum absolute atomic E-state index is 11.6. The van der Waals surface area contributed by atoms with Crippen LogP contribution in [0, 0.1) is 6.92 Å². The molecule has 0 unspecified atom stereocenters.